The highest BCUT2D eigenvalue weighted by atomic mass is 32.1. The predicted molar refractivity (Wildman–Crippen MR) is 118 cm³/mol. The van der Waals surface area contributed by atoms with E-state index in [0.29, 0.717) is 35.8 Å². The number of benzene rings is 1. The van der Waals surface area contributed by atoms with E-state index in [1.54, 1.807) is 29.5 Å². The summed E-state index contributed by atoms with van der Waals surface area (Å²) >= 11 is 1.28. The van der Waals surface area contributed by atoms with Crippen molar-refractivity contribution in [1.82, 2.24) is 14.7 Å². The van der Waals surface area contributed by atoms with Crippen molar-refractivity contribution in [3.05, 3.63) is 78.8 Å². The van der Waals surface area contributed by atoms with Crippen LogP contribution in [-0.2, 0) is 29.0 Å². The highest BCUT2D eigenvalue weighted by Gasteiger charge is 2.36. The summed E-state index contributed by atoms with van der Waals surface area (Å²) in [5.74, 6) is -0.690. The lowest BCUT2D eigenvalue weighted by atomic mass is 9.93. The molecule has 0 aliphatic carbocycles. The van der Waals surface area contributed by atoms with E-state index in [2.05, 4.69) is 5.10 Å². The summed E-state index contributed by atoms with van der Waals surface area (Å²) < 4.78 is 6.52. The predicted octanol–water partition coefficient (Wildman–Crippen LogP) is 3.26. The second-order valence-corrected chi connectivity index (χ2v) is 8.61. The molecule has 0 N–H and O–H groups in total. The minimum absolute atomic E-state index is 0.00410. The van der Waals surface area contributed by atoms with Crippen LogP contribution in [0, 0.1) is 24.0 Å². The molecule has 3 aromatic rings. The molecule has 1 aliphatic rings. The fraction of sp³-hybridized carbons (Fsp3) is 0.318. The number of amides is 1. The molecular formula is C22H22N4O5S. The van der Waals surface area contributed by atoms with E-state index >= 15 is 0 Å². The summed E-state index contributed by atoms with van der Waals surface area (Å²) in [5, 5.41) is 17.3. The molecule has 166 valence electrons. The number of rotatable bonds is 5. The van der Waals surface area contributed by atoms with Crippen LogP contribution in [0.1, 0.15) is 37.7 Å². The molecule has 0 saturated carbocycles. The fourth-order valence-electron chi connectivity index (χ4n) is 4.07. The van der Waals surface area contributed by atoms with Crippen LogP contribution < -0.4 is 0 Å². The molecule has 1 aromatic carbocycles. The average Bonchev–Trinajstić information content (AvgIpc) is 3.35. The molecule has 10 heteroatoms. The Kier molecular flexibility index (Phi) is 5.79. The van der Waals surface area contributed by atoms with Crippen molar-refractivity contribution in [3.63, 3.8) is 0 Å². The van der Waals surface area contributed by atoms with Gasteiger partial charge in [0.1, 0.15) is 17.4 Å². The largest absolute Gasteiger partial charge is 0.467 e. The Morgan fingerprint density at radius 3 is 2.66 bits per heavy atom. The lowest BCUT2D eigenvalue weighted by molar-refractivity contribution is -0.386. The van der Waals surface area contributed by atoms with Crippen LogP contribution in [0.15, 0.2) is 35.7 Å². The summed E-state index contributed by atoms with van der Waals surface area (Å²) in [6.45, 7) is 3.90. The van der Waals surface area contributed by atoms with Gasteiger partial charge in [-0.1, -0.05) is 24.3 Å². The van der Waals surface area contributed by atoms with E-state index in [1.165, 1.54) is 18.4 Å². The molecule has 0 spiro atoms. The minimum Gasteiger partial charge on any atom is -0.467 e. The van der Waals surface area contributed by atoms with Gasteiger partial charge in [-0.05, 0) is 42.0 Å². The molecular weight excluding hydrogens is 432 g/mol. The monoisotopic (exact) mass is 454 g/mol. The molecule has 0 radical (unpaired) electrons. The normalized spacial score (nSPS) is 15.3. The smallest absolute Gasteiger partial charge is 0.328 e. The van der Waals surface area contributed by atoms with Gasteiger partial charge in [-0.3, -0.25) is 19.6 Å². The zero-order valence-electron chi connectivity index (χ0n) is 17.9. The number of methoxy groups -OCH3 is 1. The lowest BCUT2D eigenvalue weighted by Crippen LogP contribution is -2.49. The minimum atomic E-state index is -0.688. The molecule has 1 aliphatic heterocycles. The van der Waals surface area contributed by atoms with Gasteiger partial charge in [-0.15, -0.1) is 11.3 Å². The van der Waals surface area contributed by atoms with E-state index in [0.717, 1.165) is 16.7 Å². The van der Waals surface area contributed by atoms with Gasteiger partial charge in [0.2, 0.25) is 0 Å². The highest BCUT2D eigenvalue weighted by Crippen LogP contribution is 2.28. The van der Waals surface area contributed by atoms with Crippen LogP contribution in [0.5, 0.6) is 0 Å². The van der Waals surface area contributed by atoms with Crippen molar-refractivity contribution in [3.8, 4) is 0 Å². The van der Waals surface area contributed by atoms with Gasteiger partial charge in [0.15, 0.2) is 0 Å². The first-order chi connectivity index (χ1) is 15.3. The van der Waals surface area contributed by atoms with Gasteiger partial charge in [0, 0.05) is 13.0 Å². The average molecular weight is 455 g/mol. The molecule has 0 bridgehead atoms. The number of hydrogen-bond acceptors (Lipinski definition) is 7. The van der Waals surface area contributed by atoms with Crippen molar-refractivity contribution >= 4 is 28.9 Å². The summed E-state index contributed by atoms with van der Waals surface area (Å²) in [6, 6.07) is 8.81. The van der Waals surface area contributed by atoms with E-state index in [1.807, 2.05) is 29.6 Å². The van der Waals surface area contributed by atoms with Crippen molar-refractivity contribution < 1.29 is 19.2 Å². The van der Waals surface area contributed by atoms with Gasteiger partial charge < -0.3 is 9.64 Å². The standard InChI is InChI=1S/C22H22N4O5S/c1-13-20(26(29)30)14(2)25(23-13)10-15-8-19(32-12-15)21(27)24-11-17-7-5-4-6-16(17)9-18(24)22(28)31-3/h4-8,12,18H,9-11H2,1-3H3. The molecule has 4 rings (SSSR count). The third-order valence-electron chi connectivity index (χ3n) is 5.71. The van der Waals surface area contributed by atoms with E-state index < -0.39 is 16.9 Å². The Hall–Kier alpha value is -3.53. The maximum Gasteiger partial charge on any atom is 0.328 e. The van der Waals surface area contributed by atoms with Crippen LogP contribution in [0.2, 0.25) is 0 Å². The summed E-state index contributed by atoms with van der Waals surface area (Å²) in [4.78, 5) is 38.6. The molecule has 0 saturated heterocycles. The third kappa shape index (κ3) is 3.89. The first kappa shape index (κ1) is 21.7. The number of carbonyl (C=O) groups is 2. The van der Waals surface area contributed by atoms with Crippen LogP contribution in [0.4, 0.5) is 5.69 Å². The van der Waals surface area contributed by atoms with E-state index in [-0.39, 0.29) is 11.6 Å². The van der Waals surface area contributed by atoms with Crippen molar-refractivity contribution in [2.24, 2.45) is 0 Å². The Bertz CT molecular complexity index is 1210. The second-order valence-electron chi connectivity index (χ2n) is 7.70. The number of esters is 1. The number of aromatic nitrogens is 2. The fourth-order valence-corrected chi connectivity index (χ4v) is 4.93. The molecule has 1 amide bonds. The number of ether oxygens (including phenoxy) is 1. The molecule has 9 nitrogen and oxygen atoms in total. The lowest BCUT2D eigenvalue weighted by Gasteiger charge is -2.34. The Morgan fingerprint density at radius 2 is 2.00 bits per heavy atom. The van der Waals surface area contributed by atoms with Gasteiger partial charge in [0.05, 0.1) is 23.5 Å². The molecule has 3 heterocycles. The van der Waals surface area contributed by atoms with Crippen molar-refractivity contribution in [1.29, 1.82) is 0 Å². The SMILES string of the molecule is COC(=O)C1Cc2ccccc2CN1C(=O)c1cc(Cn2nc(C)c([N+](=O)[O-])c2C)cs1. The maximum atomic E-state index is 13.3. The number of hydrogen-bond donors (Lipinski definition) is 0. The summed E-state index contributed by atoms with van der Waals surface area (Å²) in [6.07, 6.45) is 0.405. The quantitative estimate of drug-likeness (QED) is 0.333. The molecule has 1 unspecified atom stereocenters. The van der Waals surface area contributed by atoms with Crippen LogP contribution in [-0.4, -0.2) is 44.6 Å². The number of nitro groups is 1. The van der Waals surface area contributed by atoms with E-state index in [4.69, 9.17) is 4.74 Å². The van der Waals surface area contributed by atoms with E-state index in [9.17, 15) is 19.7 Å². The number of thiophene rings is 1. The molecule has 0 fully saturated rings. The molecule has 2 aromatic heterocycles. The van der Waals surface area contributed by atoms with Crippen molar-refractivity contribution in [2.75, 3.05) is 7.11 Å². The number of aryl methyl sites for hydroxylation is 1. The molecule has 32 heavy (non-hydrogen) atoms. The number of fused-ring (bicyclic) bond motifs is 1. The maximum absolute atomic E-state index is 13.3. The van der Waals surface area contributed by atoms with Gasteiger partial charge in [-0.25, -0.2) is 4.79 Å². The topological polar surface area (TPSA) is 108 Å². The zero-order valence-corrected chi connectivity index (χ0v) is 18.7. The first-order valence-electron chi connectivity index (χ1n) is 10.0. The van der Waals surface area contributed by atoms with Gasteiger partial charge in [0.25, 0.3) is 5.91 Å². The Balaban J connectivity index is 1.58. The first-order valence-corrected chi connectivity index (χ1v) is 10.9. The van der Waals surface area contributed by atoms with Gasteiger partial charge in [-0.2, -0.15) is 5.10 Å². The Labute approximate surface area is 188 Å². The summed E-state index contributed by atoms with van der Waals surface area (Å²) in [5.41, 5.74) is 3.67. The highest BCUT2D eigenvalue weighted by molar-refractivity contribution is 7.12. The second kappa shape index (κ2) is 8.54. The van der Waals surface area contributed by atoms with Crippen molar-refractivity contribution in [2.45, 2.75) is 39.4 Å². The third-order valence-corrected chi connectivity index (χ3v) is 6.67. The number of nitrogens with zero attached hydrogens (tertiary/aromatic N) is 4. The van der Waals surface area contributed by atoms with Gasteiger partial charge >= 0.3 is 11.7 Å². The van der Waals surface area contributed by atoms with Crippen LogP contribution in [0.25, 0.3) is 0 Å². The Morgan fingerprint density at radius 1 is 1.28 bits per heavy atom. The summed E-state index contributed by atoms with van der Waals surface area (Å²) in [7, 11) is 1.32. The van der Waals surface area contributed by atoms with Crippen LogP contribution >= 0.6 is 11.3 Å². The zero-order chi connectivity index (χ0) is 23.0. The number of carbonyl (C=O) groups excluding carboxylic acids is 2. The van der Waals surface area contributed by atoms with Crippen LogP contribution in [0.3, 0.4) is 0 Å². The molecule has 1 atom stereocenters.